The number of amides is 1. The van der Waals surface area contributed by atoms with Crippen molar-refractivity contribution in [1.82, 2.24) is 14.5 Å². The summed E-state index contributed by atoms with van der Waals surface area (Å²) in [5.41, 5.74) is 6.47. The summed E-state index contributed by atoms with van der Waals surface area (Å²) >= 11 is 0. The summed E-state index contributed by atoms with van der Waals surface area (Å²) in [5.74, 6) is 0.526. The minimum absolute atomic E-state index is 0.102. The molecule has 3 aromatic heterocycles. The first-order chi connectivity index (χ1) is 19.5. The van der Waals surface area contributed by atoms with Gasteiger partial charge >= 0.3 is 0 Å². The molecule has 0 spiro atoms. The van der Waals surface area contributed by atoms with Gasteiger partial charge in [-0.2, -0.15) is 0 Å². The van der Waals surface area contributed by atoms with E-state index in [1.807, 2.05) is 68.6 Å². The largest absolute Gasteiger partial charge is 0.459 e. The van der Waals surface area contributed by atoms with E-state index in [2.05, 4.69) is 20.5 Å². The number of hydrogen-bond donors (Lipinski definition) is 2. The molecule has 40 heavy (non-hydrogen) atoms. The molecule has 0 saturated heterocycles. The van der Waals surface area contributed by atoms with Crippen LogP contribution in [0.25, 0.3) is 5.69 Å². The maximum Gasteiger partial charge on any atom is 0.291 e. The fraction of sp³-hybridized carbons (Fsp3) is 0.161. The van der Waals surface area contributed by atoms with E-state index in [-0.39, 0.29) is 17.2 Å². The van der Waals surface area contributed by atoms with Crippen molar-refractivity contribution in [3.8, 4) is 5.69 Å². The molecule has 1 aliphatic heterocycles. The number of nitrogens with zero attached hydrogens (tertiary/aromatic N) is 4. The summed E-state index contributed by atoms with van der Waals surface area (Å²) in [6.07, 6.45) is 5.82. The molecule has 200 valence electrons. The van der Waals surface area contributed by atoms with Crippen LogP contribution in [0.3, 0.4) is 0 Å². The fourth-order valence-electron chi connectivity index (χ4n) is 4.92. The number of carbonyl (C=O) groups excluding carboxylic acids is 1. The molecule has 4 heterocycles. The van der Waals surface area contributed by atoms with Gasteiger partial charge in [-0.15, -0.1) is 0 Å². The lowest BCUT2D eigenvalue weighted by molar-refractivity contribution is 0.0996. The van der Waals surface area contributed by atoms with E-state index in [0.717, 1.165) is 28.1 Å². The molecule has 0 atom stereocenters. The van der Waals surface area contributed by atoms with Crippen molar-refractivity contribution in [2.75, 3.05) is 22.1 Å². The van der Waals surface area contributed by atoms with E-state index in [1.54, 1.807) is 29.0 Å². The maximum atomic E-state index is 13.7. The average Bonchev–Trinajstić information content (AvgIpc) is 3.40. The number of aromatic nitrogens is 3. The van der Waals surface area contributed by atoms with Gasteiger partial charge in [-0.05, 0) is 67.9 Å². The van der Waals surface area contributed by atoms with Crippen LogP contribution in [0.2, 0.25) is 0 Å². The first-order valence-electron chi connectivity index (χ1n) is 13.1. The Hall–Kier alpha value is -5.18. The number of hydrogen-bond acceptors (Lipinski definition) is 7. The van der Waals surface area contributed by atoms with Crippen molar-refractivity contribution >= 4 is 28.9 Å². The molecule has 0 aliphatic carbocycles. The van der Waals surface area contributed by atoms with Crippen molar-refractivity contribution in [2.45, 2.75) is 26.8 Å². The highest BCUT2D eigenvalue weighted by Crippen LogP contribution is 2.25. The molecule has 0 saturated carbocycles. The molecule has 9 nitrogen and oxygen atoms in total. The number of para-hydroxylation sites is 1. The molecule has 0 unspecified atom stereocenters. The number of carbonyl (C=O) groups is 1. The molecule has 2 aromatic carbocycles. The van der Waals surface area contributed by atoms with Crippen molar-refractivity contribution in [3.63, 3.8) is 0 Å². The number of fused-ring (bicyclic) bond motifs is 1. The van der Waals surface area contributed by atoms with Crippen LogP contribution in [0.4, 0.5) is 23.0 Å². The Kier molecular flexibility index (Phi) is 6.61. The molecule has 6 rings (SSSR count). The Morgan fingerprint density at radius 2 is 1.75 bits per heavy atom. The monoisotopic (exact) mass is 532 g/mol. The second-order valence-corrected chi connectivity index (χ2v) is 9.78. The van der Waals surface area contributed by atoms with E-state index >= 15 is 0 Å². The molecule has 0 bridgehead atoms. The van der Waals surface area contributed by atoms with Gasteiger partial charge < -0.3 is 20.0 Å². The quantitative estimate of drug-likeness (QED) is 0.302. The van der Waals surface area contributed by atoms with Crippen molar-refractivity contribution in [3.05, 3.63) is 124 Å². The molecular formula is C31H28N6O3. The van der Waals surface area contributed by atoms with E-state index in [9.17, 15) is 9.59 Å². The van der Waals surface area contributed by atoms with E-state index < -0.39 is 0 Å². The third kappa shape index (κ3) is 4.96. The Morgan fingerprint density at radius 1 is 0.950 bits per heavy atom. The summed E-state index contributed by atoms with van der Waals surface area (Å²) in [6.45, 7) is 5.00. The maximum absolute atomic E-state index is 13.7. The van der Waals surface area contributed by atoms with Crippen LogP contribution >= 0.6 is 0 Å². The van der Waals surface area contributed by atoms with Crippen molar-refractivity contribution in [1.29, 1.82) is 0 Å². The second kappa shape index (κ2) is 10.5. The summed E-state index contributed by atoms with van der Waals surface area (Å²) in [5, 5.41) is 6.08. The van der Waals surface area contributed by atoms with Gasteiger partial charge in [0, 0.05) is 60.1 Å². The number of rotatable bonds is 6. The smallest absolute Gasteiger partial charge is 0.291 e. The Bertz CT molecular complexity index is 1740. The SMILES string of the molecule is Cc1ccoc1C(=O)Nc1ccc(-n2ccc(C)c(N3CCc4nc(Nc5ccccc5)ncc4C3)c2=O)cc1. The zero-order valence-electron chi connectivity index (χ0n) is 22.2. The van der Waals surface area contributed by atoms with E-state index in [0.29, 0.717) is 42.5 Å². The number of aryl methyl sites for hydroxylation is 2. The van der Waals surface area contributed by atoms with Crippen LogP contribution < -0.4 is 21.1 Å². The standard InChI is InChI=1S/C31H28N6O3/c1-20-12-16-37(25-10-8-24(9-11-25)33-29(38)28-21(2)14-17-40-28)30(39)27(20)36-15-13-26-22(19-36)18-32-31(35-26)34-23-6-4-3-5-7-23/h3-12,14,16-18H,13,15,19H2,1-2H3,(H,33,38)(H,32,34,35). The number of furan rings is 1. The van der Waals surface area contributed by atoms with Gasteiger partial charge in [-0.1, -0.05) is 18.2 Å². The lowest BCUT2D eigenvalue weighted by Gasteiger charge is -2.31. The Morgan fingerprint density at radius 3 is 2.50 bits per heavy atom. The predicted octanol–water partition coefficient (Wildman–Crippen LogP) is 5.40. The number of benzene rings is 2. The minimum atomic E-state index is -0.317. The highest BCUT2D eigenvalue weighted by atomic mass is 16.3. The molecular weight excluding hydrogens is 504 g/mol. The lowest BCUT2D eigenvalue weighted by atomic mass is 10.1. The summed E-state index contributed by atoms with van der Waals surface area (Å²) in [6, 6.07) is 20.7. The van der Waals surface area contributed by atoms with Crippen LogP contribution in [0.1, 0.15) is 32.9 Å². The van der Waals surface area contributed by atoms with Gasteiger partial charge in [0.1, 0.15) is 5.69 Å². The summed E-state index contributed by atoms with van der Waals surface area (Å²) < 4.78 is 6.90. The van der Waals surface area contributed by atoms with Gasteiger partial charge in [-0.25, -0.2) is 9.97 Å². The van der Waals surface area contributed by atoms with Gasteiger partial charge in [0.25, 0.3) is 11.5 Å². The molecule has 5 aromatic rings. The van der Waals surface area contributed by atoms with Gasteiger partial charge in [0.15, 0.2) is 5.76 Å². The normalized spacial score (nSPS) is 12.6. The Labute approximate surface area is 231 Å². The van der Waals surface area contributed by atoms with Crippen LogP contribution in [-0.2, 0) is 13.0 Å². The Balaban J connectivity index is 1.21. The third-order valence-corrected chi connectivity index (χ3v) is 7.02. The van der Waals surface area contributed by atoms with Crippen LogP contribution in [0, 0.1) is 13.8 Å². The van der Waals surface area contributed by atoms with Crippen LogP contribution in [0.5, 0.6) is 0 Å². The van der Waals surface area contributed by atoms with Gasteiger partial charge in [-0.3, -0.25) is 14.2 Å². The molecule has 1 amide bonds. The lowest BCUT2D eigenvalue weighted by Crippen LogP contribution is -2.37. The van der Waals surface area contributed by atoms with Crippen molar-refractivity contribution < 1.29 is 9.21 Å². The first-order valence-corrected chi connectivity index (χ1v) is 13.1. The van der Waals surface area contributed by atoms with Gasteiger partial charge in [0.2, 0.25) is 5.95 Å². The molecule has 9 heteroatoms. The number of anilines is 4. The molecule has 1 aliphatic rings. The zero-order valence-corrected chi connectivity index (χ0v) is 22.2. The number of pyridine rings is 1. The predicted molar refractivity (Wildman–Crippen MR) is 155 cm³/mol. The van der Waals surface area contributed by atoms with E-state index in [4.69, 9.17) is 9.40 Å². The average molecular weight is 533 g/mol. The minimum Gasteiger partial charge on any atom is -0.459 e. The summed E-state index contributed by atoms with van der Waals surface area (Å²) in [7, 11) is 0. The van der Waals surface area contributed by atoms with Crippen LogP contribution in [0.15, 0.2) is 94.6 Å². The topological polar surface area (TPSA) is 105 Å². The fourth-order valence-corrected chi connectivity index (χ4v) is 4.92. The third-order valence-electron chi connectivity index (χ3n) is 7.02. The molecule has 0 radical (unpaired) electrons. The summed E-state index contributed by atoms with van der Waals surface area (Å²) in [4.78, 5) is 37.5. The molecule has 0 fully saturated rings. The molecule has 2 N–H and O–H groups in total. The zero-order chi connectivity index (χ0) is 27.6. The second-order valence-electron chi connectivity index (χ2n) is 9.78. The highest BCUT2D eigenvalue weighted by Gasteiger charge is 2.23. The van der Waals surface area contributed by atoms with Crippen molar-refractivity contribution in [2.24, 2.45) is 0 Å². The highest BCUT2D eigenvalue weighted by molar-refractivity contribution is 6.03. The van der Waals surface area contributed by atoms with Crippen LogP contribution in [-0.4, -0.2) is 27.0 Å². The first kappa shape index (κ1) is 25.1. The van der Waals surface area contributed by atoms with Gasteiger partial charge in [0.05, 0.1) is 12.0 Å². The van der Waals surface area contributed by atoms with E-state index in [1.165, 1.54) is 6.26 Å². The number of nitrogens with one attached hydrogen (secondary N) is 2.